The Labute approximate surface area is 150 Å². The van der Waals surface area contributed by atoms with Crippen LogP contribution in [0.25, 0.3) is 0 Å². The standard InChI is InChI=1S/C15H26N4O7/c1-7(2)4-9(18-13(24)8(3)16)15(26)19-10(5-11(20)21)14(25)17-6-12(22)23/h7-10H,4-6,16H2,1-3H3,(H,17,25)(H,18,24)(H,19,26)(H,20,21)(H,22,23)/t8-,9-,10-/m0/s1. The number of carboxylic acids is 2. The van der Waals surface area contributed by atoms with Gasteiger partial charge in [0.1, 0.15) is 18.6 Å². The number of aliphatic carboxylic acids is 2. The second-order valence-electron chi connectivity index (χ2n) is 6.25. The Morgan fingerprint density at radius 3 is 1.81 bits per heavy atom. The summed E-state index contributed by atoms with van der Waals surface area (Å²) in [6.45, 7) is 4.34. The van der Waals surface area contributed by atoms with Crippen molar-refractivity contribution in [3.05, 3.63) is 0 Å². The van der Waals surface area contributed by atoms with Gasteiger partial charge in [0.25, 0.3) is 0 Å². The predicted molar refractivity (Wildman–Crippen MR) is 89.9 cm³/mol. The number of nitrogens with two attached hydrogens (primary N) is 1. The van der Waals surface area contributed by atoms with Crippen molar-refractivity contribution < 1.29 is 34.2 Å². The fraction of sp³-hybridized carbons (Fsp3) is 0.667. The van der Waals surface area contributed by atoms with Crippen molar-refractivity contribution in [1.29, 1.82) is 0 Å². The molecule has 11 nitrogen and oxygen atoms in total. The van der Waals surface area contributed by atoms with Crippen LogP contribution in [0, 0.1) is 5.92 Å². The van der Waals surface area contributed by atoms with Crippen LogP contribution in [0.4, 0.5) is 0 Å². The van der Waals surface area contributed by atoms with E-state index in [1.54, 1.807) is 0 Å². The summed E-state index contributed by atoms with van der Waals surface area (Å²) < 4.78 is 0. The molecular weight excluding hydrogens is 348 g/mol. The van der Waals surface area contributed by atoms with Gasteiger partial charge in [0.2, 0.25) is 17.7 Å². The molecule has 0 aliphatic rings. The normalized spacial score (nSPS) is 14.0. The van der Waals surface area contributed by atoms with E-state index in [-0.39, 0.29) is 12.3 Å². The third-order valence-electron chi connectivity index (χ3n) is 3.18. The average molecular weight is 374 g/mol. The van der Waals surface area contributed by atoms with E-state index in [4.69, 9.17) is 15.9 Å². The van der Waals surface area contributed by atoms with E-state index in [1.807, 2.05) is 19.2 Å². The first kappa shape index (κ1) is 23.3. The molecule has 0 radical (unpaired) electrons. The molecule has 0 aliphatic heterocycles. The molecule has 3 atom stereocenters. The second-order valence-corrected chi connectivity index (χ2v) is 6.25. The Kier molecular flexibility index (Phi) is 9.89. The van der Waals surface area contributed by atoms with E-state index in [0.717, 1.165) is 0 Å². The molecular formula is C15H26N4O7. The van der Waals surface area contributed by atoms with Crippen molar-refractivity contribution in [3.8, 4) is 0 Å². The van der Waals surface area contributed by atoms with Gasteiger partial charge in [0, 0.05) is 0 Å². The summed E-state index contributed by atoms with van der Waals surface area (Å²) in [5, 5.41) is 24.2. The molecule has 11 heteroatoms. The largest absolute Gasteiger partial charge is 0.481 e. The van der Waals surface area contributed by atoms with Gasteiger partial charge in [-0.15, -0.1) is 0 Å². The number of hydrogen-bond donors (Lipinski definition) is 6. The Bertz CT molecular complexity index is 548. The van der Waals surface area contributed by atoms with Crippen LogP contribution < -0.4 is 21.7 Å². The fourth-order valence-corrected chi connectivity index (χ4v) is 1.95. The lowest BCUT2D eigenvalue weighted by molar-refractivity contribution is -0.141. The number of carbonyl (C=O) groups excluding carboxylic acids is 3. The van der Waals surface area contributed by atoms with Crippen LogP contribution in [0.2, 0.25) is 0 Å². The van der Waals surface area contributed by atoms with E-state index in [1.165, 1.54) is 6.92 Å². The topological polar surface area (TPSA) is 188 Å². The Balaban J connectivity index is 5.17. The van der Waals surface area contributed by atoms with E-state index in [0.29, 0.717) is 0 Å². The second kappa shape index (κ2) is 11.0. The minimum absolute atomic E-state index is 0.0119. The van der Waals surface area contributed by atoms with Crippen LogP contribution in [-0.2, 0) is 24.0 Å². The van der Waals surface area contributed by atoms with Crippen molar-refractivity contribution in [3.63, 3.8) is 0 Å². The van der Waals surface area contributed by atoms with E-state index >= 15 is 0 Å². The molecule has 0 aliphatic carbocycles. The van der Waals surface area contributed by atoms with Crippen LogP contribution in [-0.4, -0.2) is 64.5 Å². The first-order valence-corrected chi connectivity index (χ1v) is 8.01. The molecule has 0 aromatic carbocycles. The smallest absolute Gasteiger partial charge is 0.322 e. The molecule has 148 valence electrons. The highest BCUT2D eigenvalue weighted by atomic mass is 16.4. The summed E-state index contributed by atoms with van der Waals surface area (Å²) in [7, 11) is 0. The maximum atomic E-state index is 12.4. The fourth-order valence-electron chi connectivity index (χ4n) is 1.95. The van der Waals surface area contributed by atoms with Crippen LogP contribution in [0.5, 0.6) is 0 Å². The van der Waals surface area contributed by atoms with E-state index in [2.05, 4.69) is 10.6 Å². The molecule has 26 heavy (non-hydrogen) atoms. The Hall–Kier alpha value is -2.69. The highest BCUT2D eigenvalue weighted by Crippen LogP contribution is 2.06. The first-order chi connectivity index (χ1) is 11.9. The van der Waals surface area contributed by atoms with Gasteiger partial charge < -0.3 is 31.9 Å². The number of amides is 3. The van der Waals surface area contributed by atoms with E-state index < -0.39 is 60.8 Å². The highest BCUT2D eigenvalue weighted by Gasteiger charge is 2.29. The minimum atomic E-state index is -1.48. The molecule has 3 amide bonds. The van der Waals surface area contributed by atoms with Gasteiger partial charge in [-0.25, -0.2) is 0 Å². The lowest BCUT2D eigenvalue weighted by atomic mass is 10.0. The van der Waals surface area contributed by atoms with Gasteiger partial charge >= 0.3 is 11.9 Å². The lowest BCUT2D eigenvalue weighted by Crippen LogP contribution is -2.56. The number of rotatable bonds is 11. The predicted octanol–water partition coefficient (Wildman–Crippen LogP) is -1.98. The Morgan fingerprint density at radius 2 is 1.38 bits per heavy atom. The van der Waals surface area contributed by atoms with Gasteiger partial charge in [0.05, 0.1) is 12.5 Å². The van der Waals surface area contributed by atoms with Crippen molar-refractivity contribution >= 4 is 29.7 Å². The van der Waals surface area contributed by atoms with Crippen LogP contribution in [0.15, 0.2) is 0 Å². The zero-order chi connectivity index (χ0) is 20.4. The van der Waals surface area contributed by atoms with Gasteiger partial charge in [-0.3, -0.25) is 24.0 Å². The SMILES string of the molecule is CC(C)C[C@H](NC(=O)[C@H](C)N)C(=O)N[C@@H](CC(=O)O)C(=O)NCC(=O)O. The van der Waals surface area contributed by atoms with Crippen molar-refractivity contribution in [2.45, 2.75) is 51.7 Å². The molecule has 0 fully saturated rings. The van der Waals surface area contributed by atoms with E-state index in [9.17, 15) is 24.0 Å². The molecule has 0 bridgehead atoms. The molecule has 7 N–H and O–H groups in total. The third-order valence-corrected chi connectivity index (χ3v) is 3.18. The maximum Gasteiger partial charge on any atom is 0.322 e. The zero-order valence-electron chi connectivity index (χ0n) is 14.9. The monoisotopic (exact) mass is 374 g/mol. The quantitative estimate of drug-likeness (QED) is 0.240. The van der Waals surface area contributed by atoms with Crippen molar-refractivity contribution in [2.75, 3.05) is 6.54 Å². The average Bonchev–Trinajstić information content (AvgIpc) is 2.49. The summed E-state index contributed by atoms with van der Waals surface area (Å²) in [4.78, 5) is 57.5. The molecule has 0 saturated heterocycles. The van der Waals surface area contributed by atoms with Crippen LogP contribution >= 0.6 is 0 Å². The lowest BCUT2D eigenvalue weighted by Gasteiger charge is -2.24. The van der Waals surface area contributed by atoms with Gasteiger partial charge in [0.15, 0.2) is 0 Å². The highest BCUT2D eigenvalue weighted by molar-refractivity contribution is 5.95. The molecule has 0 rings (SSSR count). The number of nitrogens with one attached hydrogen (secondary N) is 3. The van der Waals surface area contributed by atoms with Crippen molar-refractivity contribution in [2.24, 2.45) is 11.7 Å². The molecule has 0 aromatic heterocycles. The molecule has 0 saturated carbocycles. The molecule has 0 aromatic rings. The summed E-state index contributed by atoms with van der Waals surface area (Å²) in [6, 6.07) is -3.36. The third kappa shape index (κ3) is 9.57. The van der Waals surface area contributed by atoms with Gasteiger partial charge in [-0.05, 0) is 19.3 Å². The molecule has 0 unspecified atom stereocenters. The number of carbonyl (C=O) groups is 5. The summed E-state index contributed by atoms with van der Waals surface area (Å²) >= 11 is 0. The summed E-state index contributed by atoms with van der Waals surface area (Å²) in [5.41, 5.74) is 5.46. The summed E-state index contributed by atoms with van der Waals surface area (Å²) in [5.74, 6) is -4.95. The Morgan fingerprint density at radius 1 is 0.846 bits per heavy atom. The summed E-state index contributed by atoms with van der Waals surface area (Å²) in [6.07, 6.45) is -0.506. The molecule has 0 spiro atoms. The van der Waals surface area contributed by atoms with Crippen LogP contribution in [0.1, 0.15) is 33.6 Å². The van der Waals surface area contributed by atoms with Gasteiger partial charge in [-0.2, -0.15) is 0 Å². The molecule has 0 heterocycles. The minimum Gasteiger partial charge on any atom is -0.481 e. The van der Waals surface area contributed by atoms with Crippen LogP contribution in [0.3, 0.4) is 0 Å². The maximum absolute atomic E-state index is 12.4. The number of carboxylic acid groups (broad SMARTS) is 2. The van der Waals surface area contributed by atoms with Crippen molar-refractivity contribution in [1.82, 2.24) is 16.0 Å². The first-order valence-electron chi connectivity index (χ1n) is 8.01. The zero-order valence-corrected chi connectivity index (χ0v) is 14.9. The number of hydrogen-bond acceptors (Lipinski definition) is 6. The van der Waals surface area contributed by atoms with Gasteiger partial charge in [-0.1, -0.05) is 13.8 Å².